The van der Waals surface area contributed by atoms with Gasteiger partial charge in [-0.3, -0.25) is 4.79 Å². The summed E-state index contributed by atoms with van der Waals surface area (Å²) in [5.41, 5.74) is -0.152. The number of hydrogen-bond donors (Lipinski definition) is 2. The van der Waals surface area contributed by atoms with Crippen molar-refractivity contribution in [1.29, 1.82) is 0 Å². The molecule has 7 heteroatoms. The molecule has 0 saturated heterocycles. The standard InChI is InChI=1S/C15H11F2NO4/c16-10-4-5-13(12(17)7-10)18-14(20)8-22-15(21)9-2-1-3-11(19)6-9/h1-7,19H,8H2,(H,18,20). The fraction of sp³-hybridized carbons (Fsp3) is 0.0667. The Morgan fingerprint density at radius 3 is 2.59 bits per heavy atom. The van der Waals surface area contributed by atoms with Crippen molar-refractivity contribution in [3.63, 3.8) is 0 Å². The highest BCUT2D eigenvalue weighted by molar-refractivity contribution is 5.95. The predicted octanol–water partition coefficient (Wildman–Crippen LogP) is 2.47. The van der Waals surface area contributed by atoms with Crippen molar-refractivity contribution in [3.05, 3.63) is 59.7 Å². The summed E-state index contributed by atoms with van der Waals surface area (Å²) in [6.45, 7) is -0.648. The molecule has 2 aromatic carbocycles. The minimum absolute atomic E-state index is 0.0702. The van der Waals surface area contributed by atoms with Crippen LogP contribution >= 0.6 is 0 Å². The number of nitrogens with one attached hydrogen (secondary N) is 1. The number of ether oxygens (including phenoxy) is 1. The molecular weight excluding hydrogens is 296 g/mol. The van der Waals surface area contributed by atoms with E-state index in [4.69, 9.17) is 4.74 Å². The molecule has 2 aromatic rings. The molecule has 0 saturated carbocycles. The molecule has 2 rings (SSSR count). The number of benzene rings is 2. The van der Waals surface area contributed by atoms with E-state index in [9.17, 15) is 23.5 Å². The second-order valence-electron chi connectivity index (χ2n) is 4.30. The maximum absolute atomic E-state index is 13.3. The Morgan fingerprint density at radius 2 is 1.91 bits per heavy atom. The highest BCUT2D eigenvalue weighted by Gasteiger charge is 2.12. The molecule has 0 aromatic heterocycles. The van der Waals surface area contributed by atoms with Crippen LogP contribution in [-0.2, 0) is 9.53 Å². The van der Waals surface area contributed by atoms with Gasteiger partial charge in [0.15, 0.2) is 6.61 Å². The van der Waals surface area contributed by atoms with Gasteiger partial charge >= 0.3 is 5.97 Å². The largest absolute Gasteiger partial charge is 0.508 e. The molecule has 0 atom stereocenters. The quantitative estimate of drug-likeness (QED) is 0.851. The third kappa shape index (κ3) is 4.02. The van der Waals surface area contributed by atoms with Gasteiger partial charge in [0.05, 0.1) is 11.3 Å². The van der Waals surface area contributed by atoms with Crippen LogP contribution in [0.1, 0.15) is 10.4 Å². The van der Waals surface area contributed by atoms with E-state index in [0.717, 1.165) is 12.1 Å². The zero-order chi connectivity index (χ0) is 16.1. The molecule has 0 unspecified atom stereocenters. The predicted molar refractivity (Wildman–Crippen MR) is 73.4 cm³/mol. The molecule has 0 aliphatic rings. The lowest BCUT2D eigenvalue weighted by Gasteiger charge is -2.07. The molecule has 0 spiro atoms. The van der Waals surface area contributed by atoms with Crippen molar-refractivity contribution in [3.8, 4) is 5.75 Å². The van der Waals surface area contributed by atoms with Gasteiger partial charge in [-0.25, -0.2) is 13.6 Å². The number of phenolic OH excluding ortho intramolecular Hbond substituents is 1. The van der Waals surface area contributed by atoms with E-state index in [1.165, 1.54) is 24.3 Å². The van der Waals surface area contributed by atoms with E-state index in [1.54, 1.807) is 0 Å². The molecule has 0 heterocycles. The molecule has 22 heavy (non-hydrogen) atoms. The molecule has 5 nitrogen and oxygen atoms in total. The van der Waals surface area contributed by atoms with Crippen LogP contribution < -0.4 is 5.32 Å². The van der Waals surface area contributed by atoms with E-state index in [0.29, 0.717) is 6.07 Å². The number of phenols is 1. The number of carbonyl (C=O) groups is 2. The van der Waals surface area contributed by atoms with Crippen molar-refractivity contribution < 1.29 is 28.2 Å². The lowest BCUT2D eigenvalue weighted by molar-refractivity contribution is -0.119. The van der Waals surface area contributed by atoms with Crippen molar-refractivity contribution in [2.24, 2.45) is 0 Å². The summed E-state index contributed by atoms with van der Waals surface area (Å²) in [5, 5.41) is 11.4. The van der Waals surface area contributed by atoms with Gasteiger partial charge in [-0.05, 0) is 30.3 Å². The summed E-state index contributed by atoms with van der Waals surface area (Å²) in [7, 11) is 0. The van der Waals surface area contributed by atoms with E-state index in [-0.39, 0.29) is 17.0 Å². The molecule has 0 radical (unpaired) electrons. The minimum atomic E-state index is -0.937. The van der Waals surface area contributed by atoms with Crippen LogP contribution in [0.4, 0.5) is 14.5 Å². The Morgan fingerprint density at radius 1 is 1.14 bits per heavy atom. The highest BCUT2D eigenvalue weighted by Crippen LogP contribution is 2.15. The molecule has 0 bridgehead atoms. The minimum Gasteiger partial charge on any atom is -0.508 e. The second kappa shape index (κ2) is 6.66. The Bertz CT molecular complexity index is 718. The lowest BCUT2D eigenvalue weighted by Crippen LogP contribution is -2.21. The van der Waals surface area contributed by atoms with Crippen molar-refractivity contribution in [1.82, 2.24) is 0 Å². The van der Waals surface area contributed by atoms with Crippen LogP contribution in [0.5, 0.6) is 5.75 Å². The van der Waals surface area contributed by atoms with Gasteiger partial charge in [-0.2, -0.15) is 0 Å². The molecule has 1 amide bonds. The van der Waals surface area contributed by atoms with Gasteiger partial charge in [-0.15, -0.1) is 0 Å². The molecule has 0 fully saturated rings. The fourth-order valence-corrected chi connectivity index (χ4v) is 1.62. The third-order valence-electron chi connectivity index (χ3n) is 2.62. The van der Waals surface area contributed by atoms with Gasteiger partial charge in [0.1, 0.15) is 17.4 Å². The monoisotopic (exact) mass is 307 g/mol. The van der Waals surface area contributed by atoms with Crippen molar-refractivity contribution in [2.75, 3.05) is 11.9 Å². The van der Waals surface area contributed by atoms with Gasteiger partial charge in [-0.1, -0.05) is 6.07 Å². The zero-order valence-electron chi connectivity index (χ0n) is 11.2. The number of amides is 1. The number of anilines is 1. The third-order valence-corrected chi connectivity index (χ3v) is 2.62. The molecule has 0 aliphatic heterocycles. The number of aromatic hydroxyl groups is 1. The van der Waals surface area contributed by atoms with E-state index >= 15 is 0 Å². The first-order valence-electron chi connectivity index (χ1n) is 6.17. The van der Waals surface area contributed by atoms with Crippen LogP contribution in [-0.4, -0.2) is 23.6 Å². The fourth-order valence-electron chi connectivity index (χ4n) is 1.62. The number of carbonyl (C=O) groups excluding carboxylic acids is 2. The van der Waals surface area contributed by atoms with Crippen LogP contribution in [0.2, 0.25) is 0 Å². The van der Waals surface area contributed by atoms with E-state index < -0.39 is 30.1 Å². The second-order valence-corrected chi connectivity index (χ2v) is 4.30. The van der Waals surface area contributed by atoms with Crippen LogP contribution in [0, 0.1) is 11.6 Å². The Balaban J connectivity index is 1.91. The van der Waals surface area contributed by atoms with Crippen LogP contribution in [0.25, 0.3) is 0 Å². The molecule has 0 aliphatic carbocycles. The van der Waals surface area contributed by atoms with Gasteiger partial charge < -0.3 is 15.2 Å². The molecular formula is C15H11F2NO4. The summed E-state index contributed by atoms with van der Waals surface area (Å²) >= 11 is 0. The maximum atomic E-state index is 13.3. The zero-order valence-corrected chi connectivity index (χ0v) is 11.2. The Kier molecular flexibility index (Phi) is 4.67. The summed E-state index contributed by atoms with van der Waals surface area (Å²) in [5.74, 6) is -3.42. The number of rotatable bonds is 4. The first kappa shape index (κ1) is 15.4. The Hall–Kier alpha value is -2.96. The summed E-state index contributed by atoms with van der Waals surface area (Å²) in [4.78, 5) is 23.2. The Labute approximate surface area is 124 Å². The smallest absolute Gasteiger partial charge is 0.338 e. The average molecular weight is 307 g/mol. The number of hydrogen-bond acceptors (Lipinski definition) is 4. The molecule has 114 valence electrons. The topological polar surface area (TPSA) is 75.6 Å². The SMILES string of the molecule is O=C(COC(=O)c1cccc(O)c1)Nc1ccc(F)cc1F. The maximum Gasteiger partial charge on any atom is 0.338 e. The van der Waals surface area contributed by atoms with Crippen molar-refractivity contribution in [2.45, 2.75) is 0 Å². The van der Waals surface area contributed by atoms with E-state index in [2.05, 4.69) is 5.32 Å². The van der Waals surface area contributed by atoms with Crippen LogP contribution in [0.3, 0.4) is 0 Å². The first-order valence-corrected chi connectivity index (χ1v) is 6.17. The average Bonchev–Trinajstić information content (AvgIpc) is 2.47. The number of halogens is 2. The van der Waals surface area contributed by atoms with Crippen LogP contribution in [0.15, 0.2) is 42.5 Å². The normalized spacial score (nSPS) is 10.1. The van der Waals surface area contributed by atoms with Gasteiger partial charge in [0, 0.05) is 6.07 Å². The van der Waals surface area contributed by atoms with E-state index in [1.807, 2.05) is 0 Å². The molecule has 2 N–H and O–H groups in total. The number of esters is 1. The van der Waals surface area contributed by atoms with Crippen molar-refractivity contribution >= 4 is 17.6 Å². The summed E-state index contributed by atoms with van der Waals surface area (Å²) in [6, 6.07) is 8.06. The summed E-state index contributed by atoms with van der Waals surface area (Å²) < 4.78 is 30.8. The first-order chi connectivity index (χ1) is 10.5. The van der Waals surface area contributed by atoms with Gasteiger partial charge in [0.25, 0.3) is 5.91 Å². The van der Waals surface area contributed by atoms with Gasteiger partial charge in [0.2, 0.25) is 0 Å². The highest BCUT2D eigenvalue weighted by atomic mass is 19.1. The lowest BCUT2D eigenvalue weighted by atomic mass is 10.2. The summed E-state index contributed by atoms with van der Waals surface area (Å²) in [6.07, 6.45) is 0.